The van der Waals surface area contributed by atoms with E-state index in [4.69, 9.17) is 5.73 Å². The number of benzene rings is 1. The number of H-pyrrole nitrogens is 1. The molecule has 0 saturated heterocycles. The lowest BCUT2D eigenvalue weighted by atomic mass is 10.1. The molecular formula is C12H15N3. The molecule has 1 heterocycles. The van der Waals surface area contributed by atoms with Crippen molar-refractivity contribution >= 4 is 0 Å². The average Bonchev–Trinajstić information content (AvgIpc) is 2.70. The van der Waals surface area contributed by atoms with Gasteiger partial charge in [-0.25, -0.2) is 4.98 Å². The molecule has 15 heavy (non-hydrogen) atoms. The molecule has 0 aliphatic heterocycles. The molecule has 1 aromatic carbocycles. The van der Waals surface area contributed by atoms with E-state index < -0.39 is 0 Å². The maximum Gasteiger partial charge on any atom is 0.137 e. The van der Waals surface area contributed by atoms with E-state index in [2.05, 4.69) is 42.0 Å². The number of hydrogen-bond donors (Lipinski definition) is 2. The number of imidazole rings is 1. The fourth-order valence-corrected chi connectivity index (χ4v) is 1.59. The Morgan fingerprint density at radius 3 is 2.80 bits per heavy atom. The Balaban J connectivity index is 2.48. The van der Waals surface area contributed by atoms with Crippen LogP contribution in [0.5, 0.6) is 0 Å². The van der Waals surface area contributed by atoms with Crippen molar-refractivity contribution in [2.45, 2.75) is 20.4 Å². The summed E-state index contributed by atoms with van der Waals surface area (Å²) in [4.78, 5) is 7.53. The summed E-state index contributed by atoms with van der Waals surface area (Å²) in [5, 5.41) is 0. The van der Waals surface area contributed by atoms with Crippen LogP contribution in [0.15, 0.2) is 24.4 Å². The van der Waals surface area contributed by atoms with Crippen molar-refractivity contribution in [3.63, 3.8) is 0 Å². The highest BCUT2D eigenvalue weighted by Crippen LogP contribution is 2.21. The Kier molecular flexibility index (Phi) is 2.56. The molecule has 0 spiro atoms. The van der Waals surface area contributed by atoms with Crippen molar-refractivity contribution in [2.24, 2.45) is 5.73 Å². The molecule has 0 saturated carbocycles. The smallest absolute Gasteiger partial charge is 0.137 e. The van der Waals surface area contributed by atoms with E-state index in [0.29, 0.717) is 6.54 Å². The molecule has 0 atom stereocenters. The van der Waals surface area contributed by atoms with E-state index in [1.54, 1.807) is 6.20 Å². The van der Waals surface area contributed by atoms with Gasteiger partial charge in [-0.1, -0.05) is 17.7 Å². The summed E-state index contributed by atoms with van der Waals surface area (Å²) in [5.41, 5.74) is 10.1. The van der Waals surface area contributed by atoms with Crippen LogP contribution in [0.1, 0.15) is 16.8 Å². The first-order chi connectivity index (χ1) is 7.20. The minimum Gasteiger partial charge on any atom is -0.341 e. The largest absolute Gasteiger partial charge is 0.341 e. The number of aryl methyl sites for hydroxylation is 2. The van der Waals surface area contributed by atoms with E-state index in [0.717, 1.165) is 17.1 Å². The van der Waals surface area contributed by atoms with Crippen molar-refractivity contribution in [3.05, 3.63) is 41.2 Å². The second-order valence-electron chi connectivity index (χ2n) is 3.78. The summed E-state index contributed by atoms with van der Waals surface area (Å²) in [6.07, 6.45) is 1.79. The molecule has 2 aromatic rings. The van der Waals surface area contributed by atoms with Crippen LogP contribution in [-0.2, 0) is 6.54 Å². The second kappa shape index (κ2) is 3.87. The van der Waals surface area contributed by atoms with Gasteiger partial charge in [0.1, 0.15) is 5.82 Å². The Hall–Kier alpha value is -1.61. The Morgan fingerprint density at radius 2 is 2.13 bits per heavy atom. The minimum absolute atomic E-state index is 0.498. The molecule has 3 heteroatoms. The minimum atomic E-state index is 0.498. The van der Waals surface area contributed by atoms with Crippen molar-refractivity contribution in [3.8, 4) is 11.4 Å². The summed E-state index contributed by atoms with van der Waals surface area (Å²) < 4.78 is 0. The third kappa shape index (κ3) is 1.92. The highest BCUT2D eigenvalue weighted by molar-refractivity contribution is 5.61. The number of rotatable bonds is 2. The summed E-state index contributed by atoms with van der Waals surface area (Å²) in [7, 11) is 0. The first-order valence-electron chi connectivity index (χ1n) is 5.02. The van der Waals surface area contributed by atoms with Crippen molar-refractivity contribution in [1.29, 1.82) is 0 Å². The number of hydrogen-bond acceptors (Lipinski definition) is 2. The van der Waals surface area contributed by atoms with Gasteiger partial charge in [0, 0.05) is 24.0 Å². The molecule has 2 rings (SSSR count). The van der Waals surface area contributed by atoms with E-state index in [9.17, 15) is 0 Å². The summed E-state index contributed by atoms with van der Waals surface area (Å²) in [6.45, 7) is 4.66. The van der Waals surface area contributed by atoms with Gasteiger partial charge >= 0.3 is 0 Å². The number of nitrogens with one attached hydrogen (secondary N) is 1. The normalized spacial score (nSPS) is 10.6. The van der Waals surface area contributed by atoms with E-state index in [1.807, 2.05) is 0 Å². The number of nitrogens with two attached hydrogens (primary N) is 1. The van der Waals surface area contributed by atoms with Crippen LogP contribution in [-0.4, -0.2) is 9.97 Å². The fraction of sp³-hybridized carbons (Fsp3) is 0.250. The molecule has 1 aromatic heterocycles. The maximum atomic E-state index is 5.54. The van der Waals surface area contributed by atoms with E-state index in [-0.39, 0.29) is 0 Å². The lowest BCUT2D eigenvalue weighted by molar-refractivity contribution is 1.01. The first kappa shape index (κ1) is 9.93. The lowest BCUT2D eigenvalue weighted by Crippen LogP contribution is -1.95. The van der Waals surface area contributed by atoms with Gasteiger partial charge in [-0.2, -0.15) is 0 Å². The van der Waals surface area contributed by atoms with Gasteiger partial charge in [-0.3, -0.25) is 0 Å². The predicted octanol–water partition coefficient (Wildman–Crippen LogP) is 2.15. The van der Waals surface area contributed by atoms with Crippen LogP contribution in [0.2, 0.25) is 0 Å². The third-order valence-corrected chi connectivity index (χ3v) is 2.50. The monoisotopic (exact) mass is 201 g/mol. The number of nitrogens with zero attached hydrogens (tertiary/aromatic N) is 1. The summed E-state index contributed by atoms with van der Waals surface area (Å²) in [5.74, 6) is 0.900. The molecule has 3 nitrogen and oxygen atoms in total. The molecular weight excluding hydrogens is 186 g/mol. The molecule has 0 radical (unpaired) electrons. The standard InChI is InChI=1S/C12H15N3/c1-8-3-4-9(2)11(5-8)12-14-7-10(6-13)15-12/h3-5,7H,6,13H2,1-2H3,(H,14,15). The summed E-state index contributed by atoms with van der Waals surface area (Å²) in [6, 6.07) is 6.34. The van der Waals surface area contributed by atoms with Crippen LogP contribution in [0.4, 0.5) is 0 Å². The SMILES string of the molecule is Cc1ccc(C)c(-c2ncc(CN)[nH]2)c1. The fourth-order valence-electron chi connectivity index (χ4n) is 1.59. The molecule has 78 valence electrons. The van der Waals surface area contributed by atoms with Gasteiger partial charge < -0.3 is 10.7 Å². The molecule has 0 aliphatic rings. The maximum absolute atomic E-state index is 5.54. The van der Waals surface area contributed by atoms with Crippen LogP contribution in [0.3, 0.4) is 0 Å². The van der Waals surface area contributed by atoms with Gasteiger partial charge in [-0.15, -0.1) is 0 Å². The van der Waals surface area contributed by atoms with Crippen molar-refractivity contribution < 1.29 is 0 Å². The van der Waals surface area contributed by atoms with Gasteiger partial charge in [0.05, 0.1) is 0 Å². The molecule has 3 N–H and O–H groups in total. The quantitative estimate of drug-likeness (QED) is 0.782. The highest BCUT2D eigenvalue weighted by atomic mass is 14.9. The van der Waals surface area contributed by atoms with Gasteiger partial charge in [0.25, 0.3) is 0 Å². The molecule has 0 amide bonds. The topological polar surface area (TPSA) is 54.7 Å². The Labute approximate surface area is 89.4 Å². The second-order valence-corrected chi connectivity index (χ2v) is 3.78. The number of aromatic nitrogens is 2. The van der Waals surface area contributed by atoms with E-state index >= 15 is 0 Å². The molecule has 0 unspecified atom stereocenters. The highest BCUT2D eigenvalue weighted by Gasteiger charge is 2.05. The zero-order valence-corrected chi connectivity index (χ0v) is 9.04. The first-order valence-corrected chi connectivity index (χ1v) is 5.02. The van der Waals surface area contributed by atoms with Gasteiger partial charge in [-0.05, 0) is 25.5 Å². The van der Waals surface area contributed by atoms with Crippen molar-refractivity contribution in [1.82, 2.24) is 9.97 Å². The Bertz CT molecular complexity index is 471. The van der Waals surface area contributed by atoms with Crippen LogP contribution in [0, 0.1) is 13.8 Å². The van der Waals surface area contributed by atoms with Gasteiger partial charge in [0.2, 0.25) is 0 Å². The zero-order valence-electron chi connectivity index (χ0n) is 9.04. The summed E-state index contributed by atoms with van der Waals surface area (Å²) >= 11 is 0. The van der Waals surface area contributed by atoms with Crippen molar-refractivity contribution in [2.75, 3.05) is 0 Å². The van der Waals surface area contributed by atoms with Crippen LogP contribution >= 0.6 is 0 Å². The zero-order chi connectivity index (χ0) is 10.8. The van der Waals surface area contributed by atoms with E-state index in [1.165, 1.54) is 11.1 Å². The molecule has 0 fully saturated rings. The lowest BCUT2D eigenvalue weighted by Gasteiger charge is -2.03. The van der Waals surface area contributed by atoms with Crippen LogP contribution in [0.25, 0.3) is 11.4 Å². The average molecular weight is 201 g/mol. The number of aromatic amines is 1. The van der Waals surface area contributed by atoms with Gasteiger partial charge in [0.15, 0.2) is 0 Å². The molecule has 0 bridgehead atoms. The predicted molar refractivity (Wildman–Crippen MR) is 61.4 cm³/mol. The molecule has 0 aliphatic carbocycles. The third-order valence-electron chi connectivity index (χ3n) is 2.50. The Morgan fingerprint density at radius 1 is 1.33 bits per heavy atom. The van der Waals surface area contributed by atoms with Crippen LogP contribution < -0.4 is 5.73 Å².